The predicted octanol–water partition coefficient (Wildman–Crippen LogP) is 3.46. The first-order chi connectivity index (χ1) is 5.12. The van der Waals surface area contributed by atoms with Crippen LogP contribution >= 0.6 is 28.5 Å². The van der Waals surface area contributed by atoms with Gasteiger partial charge in [0, 0.05) is 5.75 Å². The molecule has 1 atom stereocenters. The molecule has 0 N–H and O–H groups in total. The molecule has 0 amide bonds. The molecule has 0 aliphatic heterocycles. The van der Waals surface area contributed by atoms with Crippen molar-refractivity contribution in [3.8, 4) is 0 Å². The standard InChI is InChI=1S/C6H10ClO2PS/c1-3-5-9-10(7,8)11-6-4-2/h3-4H,1-2,5-6H2. The summed E-state index contributed by atoms with van der Waals surface area (Å²) in [7, 11) is 0. The zero-order valence-corrected chi connectivity index (χ0v) is 8.50. The Bertz CT molecular complexity index is 167. The van der Waals surface area contributed by atoms with Crippen molar-refractivity contribution in [2.45, 2.75) is 0 Å². The van der Waals surface area contributed by atoms with Crippen LogP contribution in [-0.4, -0.2) is 12.4 Å². The van der Waals surface area contributed by atoms with E-state index in [1.54, 1.807) is 6.08 Å². The maximum atomic E-state index is 11.1. The van der Waals surface area contributed by atoms with Crippen LogP contribution in [0.5, 0.6) is 0 Å². The Kier molecular flexibility index (Phi) is 6.06. The first kappa shape index (κ1) is 11.3. The molecule has 0 fully saturated rings. The predicted molar refractivity (Wildman–Crippen MR) is 52.3 cm³/mol. The molecular weight excluding hydrogens is 203 g/mol. The van der Waals surface area contributed by atoms with Crippen molar-refractivity contribution in [1.29, 1.82) is 0 Å². The van der Waals surface area contributed by atoms with E-state index in [2.05, 4.69) is 13.2 Å². The zero-order valence-electron chi connectivity index (χ0n) is 6.03. The molecule has 5 heteroatoms. The highest BCUT2D eigenvalue weighted by Gasteiger charge is 2.17. The number of hydrogen-bond donors (Lipinski definition) is 0. The van der Waals surface area contributed by atoms with Gasteiger partial charge in [0.05, 0.1) is 6.61 Å². The molecule has 0 saturated carbocycles. The van der Waals surface area contributed by atoms with Gasteiger partial charge in [-0.2, -0.15) is 0 Å². The fourth-order valence-electron chi connectivity index (χ4n) is 0.321. The highest BCUT2D eigenvalue weighted by molar-refractivity contribution is 8.63. The van der Waals surface area contributed by atoms with Crippen molar-refractivity contribution >= 4 is 28.5 Å². The van der Waals surface area contributed by atoms with E-state index in [-0.39, 0.29) is 6.61 Å². The first-order valence-corrected chi connectivity index (χ1v) is 7.05. The van der Waals surface area contributed by atoms with E-state index in [0.717, 1.165) is 11.4 Å². The van der Waals surface area contributed by atoms with E-state index in [0.29, 0.717) is 5.75 Å². The molecule has 0 aromatic heterocycles. The third-order valence-electron chi connectivity index (χ3n) is 0.693. The van der Waals surface area contributed by atoms with Crippen LogP contribution in [0, 0.1) is 0 Å². The Morgan fingerprint density at radius 2 is 2.18 bits per heavy atom. The number of hydrogen-bond acceptors (Lipinski definition) is 3. The van der Waals surface area contributed by atoms with Gasteiger partial charge in [0.25, 0.3) is 0 Å². The van der Waals surface area contributed by atoms with E-state index in [1.165, 1.54) is 6.08 Å². The minimum atomic E-state index is -2.98. The molecule has 0 heterocycles. The fraction of sp³-hybridized carbons (Fsp3) is 0.333. The van der Waals surface area contributed by atoms with Crippen molar-refractivity contribution in [2.24, 2.45) is 0 Å². The monoisotopic (exact) mass is 212 g/mol. The van der Waals surface area contributed by atoms with Gasteiger partial charge >= 0.3 is 5.92 Å². The van der Waals surface area contributed by atoms with Crippen LogP contribution < -0.4 is 0 Å². The summed E-state index contributed by atoms with van der Waals surface area (Å²) < 4.78 is 15.9. The Hall–Kier alpha value is 0.310. The Labute approximate surface area is 75.6 Å². The van der Waals surface area contributed by atoms with Gasteiger partial charge in [-0.3, -0.25) is 4.57 Å². The third kappa shape index (κ3) is 6.70. The minimum Gasteiger partial charge on any atom is -0.306 e. The zero-order chi connectivity index (χ0) is 8.74. The second-order valence-electron chi connectivity index (χ2n) is 1.60. The summed E-state index contributed by atoms with van der Waals surface area (Å²) in [6.07, 6.45) is 3.13. The van der Waals surface area contributed by atoms with Gasteiger partial charge in [-0.15, -0.1) is 13.2 Å². The van der Waals surface area contributed by atoms with Gasteiger partial charge in [-0.25, -0.2) is 0 Å². The molecule has 0 aliphatic carbocycles. The molecule has 0 aromatic rings. The van der Waals surface area contributed by atoms with E-state index < -0.39 is 5.92 Å². The quantitative estimate of drug-likeness (QED) is 0.498. The lowest BCUT2D eigenvalue weighted by Gasteiger charge is -2.06. The van der Waals surface area contributed by atoms with Gasteiger partial charge in [0.1, 0.15) is 0 Å². The highest BCUT2D eigenvalue weighted by Crippen LogP contribution is 2.64. The minimum absolute atomic E-state index is 0.213. The second-order valence-corrected chi connectivity index (χ2v) is 7.46. The Balaban J connectivity index is 3.69. The van der Waals surface area contributed by atoms with E-state index >= 15 is 0 Å². The summed E-state index contributed by atoms with van der Waals surface area (Å²) in [6.45, 7) is 7.09. The average molecular weight is 213 g/mol. The largest absolute Gasteiger partial charge is 0.347 e. The smallest absolute Gasteiger partial charge is 0.306 e. The Morgan fingerprint density at radius 1 is 1.55 bits per heavy atom. The summed E-state index contributed by atoms with van der Waals surface area (Å²) in [5.74, 6) is -2.45. The third-order valence-corrected chi connectivity index (χ3v) is 4.70. The van der Waals surface area contributed by atoms with Crippen LogP contribution in [0.1, 0.15) is 0 Å². The molecule has 0 radical (unpaired) electrons. The van der Waals surface area contributed by atoms with Gasteiger partial charge in [-0.1, -0.05) is 12.2 Å². The van der Waals surface area contributed by atoms with Crippen LogP contribution in [0.3, 0.4) is 0 Å². The number of rotatable bonds is 6. The summed E-state index contributed by atoms with van der Waals surface area (Å²) in [6, 6.07) is 0. The highest BCUT2D eigenvalue weighted by atomic mass is 35.7. The molecule has 0 saturated heterocycles. The van der Waals surface area contributed by atoms with Gasteiger partial charge in [0.15, 0.2) is 0 Å². The Morgan fingerprint density at radius 3 is 2.64 bits per heavy atom. The van der Waals surface area contributed by atoms with Crippen LogP contribution in [0.4, 0.5) is 0 Å². The molecular formula is C6H10ClO2PS. The average Bonchev–Trinajstić information content (AvgIpc) is 1.97. The van der Waals surface area contributed by atoms with Crippen molar-refractivity contribution in [2.75, 3.05) is 12.4 Å². The van der Waals surface area contributed by atoms with Crippen molar-refractivity contribution in [1.82, 2.24) is 0 Å². The molecule has 0 rings (SSSR count). The fourth-order valence-corrected chi connectivity index (χ4v) is 2.89. The SMILES string of the molecule is C=CCOP(=O)(Cl)SCC=C. The molecule has 64 valence electrons. The van der Waals surface area contributed by atoms with Crippen LogP contribution in [0.15, 0.2) is 25.3 Å². The summed E-state index contributed by atoms with van der Waals surface area (Å²) in [5.41, 5.74) is 0. The molecule has 0 aromatic carbocycles. The summed E-state index contributed by atoms with van der Waals surface area (Å²) in [4.78, 5) is 0. The maximum absolute atomic E-state index is 11.1. The molecule has 0 spiro atoms. The number of halogens is 1. The summed E-state index contributed by atoms with van der Waals surface area (Å²) in [5, 5.41) is 0. The van der Waals surface area contributed by atoms with Crippen LogP contribution in [-0.2, 0) is 9.09 Å². The van der Waals surface area contributed by atoms with E-state index in [4.69, 9.17) is 15.8 Å². The lowest BCUT2D eigenvalue weighted by atomic mass is 10.7. The lowest BCUT2D eigenvalue weighted by Crippen LogP contribution is -1.81. The van der Waals surface area contributed by atoms with Gasteiger partial charge in [0.2, 0.25) is 0 Å². The van der Waals surface area contributed by atoms with Crippen molar-refractivity contribution in [3.05, 3.63) is 25.3 Å². The normalized spacial score (nSPS) is 15.4. The molecule has 0 bridgehead atoms. The lowest BCUT2D eigenvalue weighted by molar-refractivity contribution is 0.378. The molecule has 1 unspecified atom stereocenters. The maximum Gasteiger partial charge on any atom is 0.347 e. The second kappa shape index (κ2) is 5.90. The van der Waals surface area contributed by atoms with E-state index in [9.17, 15) is 4.57 Å². The van der Waals surface area contributed by atoms with E-state index in [1.807, 2.05) is 0 Å². The van der Waals surface area contributed by atoms with Crippen LogP contribution in [0.2, 0.25) is 0 Å². The van der Waals surface area contributed by atoms with Gasteiger partial charge in [-0.05, 0) is 22.6 Å². The van der Waals surface area contributed by atoms with Crippen molar-refractivity contribution in [3.63, 3.8) is 0 Å². The first-order valence-electron chi connectivity index (χ1n) is 2.93. The topological polar surface area (TPSA) is 26.3 Å². The molecule has 11 heavy (non-hydrogen) atoms. The summed E-state index contributed by atoms with van der Waals surface area (Å²) >= 11 is 6.55. The van der Waals surface area contributed by atoms with Crippen molar-refractivity contribution < 1.29 is 9.09 Å². The van der Waals surface area contributed by atoms with Gasteiger partial charge < -0.3 is 4.52 Å². The molecule has 0 aliphatic rings. The molecule has 2 nitrogen and oxygen atoms in total. The van der Waals surface area contributed by atoms with Crippen LogP contribution in [0.25, 0.3) is 0 Å².